The molecule has 0 radical (unpaired) electrons. The van der Waals surface area contributed by atoms with Crippen LogP contribution in [0.4, 0.5) is 38.1 Å². The number of ether oxygens (including phenoxy) is 1. The number of alkyl halides is 6. The Morgan fingerprint density at radius 1 is 1.05 bits per heavy atom. The Balaban J connectivity index is 1.87. The topological polar surface area (TPSA) is 140 Å². The number of nitrogens with two attached hydrogens (primary N) is 1. The number of nitrogen functional groups attached to an aromatic ring is 1. The minimum atomic E-state index is -6.06. The van der Waals surface area contributed by atoms with E-state index >= 15 is 0 Å². The predicted octanol–water partition coefficient (Wildman–Crippen LogP) is 3.84. The van der Waals surface area contributed by atoms with Gasteiger partial charge in [0.15, 0.2) is 22.3 Å². The molecule has 1 aromatic carbocycles. The van der Waals surface area contributed by atoms with Gasteiger partial charge in [0.25, 0.3) is 0 Å². The third-order valence-corrected chi connectivity index (χ3v) is 6.78. The molecule has 0 aliphatic carbocycles. The molecule has 0 unspecified atom stereocenters. The fourth-order valence-corrected chi connectivity index (χ4v) is 4.75. The van der Waals surface area contributed by atoms with Crippen LogP contribution in [0.2, 0.25) is 0 Å². The van der Waals surface area contributed by atoms with E-state index < -0.39 is 51.3 Å². The summed E-state index contributed by atoms with van der Waals surface area (Å²) in [5, 5.41) is -3.85. The van der Waals surface area contributed by atoms with Gasteiger partial charge in [0.05, 0.1) is 25.8 Å². The number of nitrogens with zero attached hydrogens (tertiary/aromatic N) is 5. The average molecular weight is 556 g/mol. The maximum atomic E-state index is 13.0. The van der Waals surface area contributed by atoms with Gasteiger partial charge in [-0.25, -0.2) is 4.98 Å². The highest BCUT2D eigenvalue weighted by atomic mass is 31.2. The summed E-state index contributed by atoms with van der Waals surface area (Å²) in [5.41, 5.74) is 7.07. The van der Waals surface area contributed by atoms with Crippen molar-refractivity contribution >= 4 is 30.5 Å². The minimum Gasteiger partial charge on any atom is -0.368 e. The number of benzene rings is 1. The van der Waals surface area contributed by atoms with Gasteiger partial charge in [-0.1, -0.05) is 30.3 Å². The third kappa shape index (κ3) is 7.31. The second kappa shape index (κ2) is 10.4. The summed E-state index contributed by atoms with van der Waals surface area (Å²) in [7, 11) is -4.35. The summed E-state index contributed by atoms with van der Waals surface area (Å²) in [5.74, 6) is 0.133. The van der Waals surface area contributed by atoms with Crippen LogP contribution in [-0.2, 0) is 22.4 Å². The van der Waals surface area contributed by atoms with Crippen molar-refractivity contribution in [2.45, 2.75) is 43.6 Å². The van der Waals surface area contributed by atoms with Gasteiger partial charge in [-0.3, -0.25) is 4.57 Å². The van der Waals surface area contributed by atoms with Crippen LogP contribution in [0.25, 0.3) is 11.2 Å². The number of rotatable bonds is 10. The lowest BCUT2D eigenvalue weighted by atomic mass is 10.1. The summed E-state index contributed by atoms with van der Waals surface area (Å²) >= 11 is 0. The maximum Gasteiger partial charge on any atom is 0.392 e. The first-order valence-electron chi connectivity index (χ1n) is 10.6. The Kier molecular flexibility index (Phi) is 8.08. The van der Waals surface area contributed by atoms with Gasteiger partial charge in [-0.2, -0.15) is 36.3 Å². The van der Waals surface area contributed by atoms with Crippen molar-refractivity contribution in [3.05, 3.63) is 42.2 Å². The highest BCUT2D eigenvalue weighted by Crippen LogP contribution is 2.60. The van der Waals surface area contributed by atoms with Crippen molar-refractivity contribution in [1.82, 2.24) is 19.5 Å². The van der Waals surface area contributed by atoms with Crippen LogP contribution in [0.15, 0.2) is 36.7 Å². The van der Waals surface area contributed by atoms with Crippen LogP contribution in [-0.4, -0.2) is 60.7 Å². The standard InChI is InChI=1S/C20H23F6N6O4P/c1-31(9-13-5-3-2-4-6-13)15-14-16(30-17(27)29-15)32(12-28-14)7-8-36-18(37(33,34)35,10-19(21,22)23)11-20(24,25)26/h2-6,12H,7-11H2,1H3,(H2,27,29,30)(H2,33,34,35). The Morgan fingerprint density at radius 3 is 2.19 bits per heavy atom. The van der Waals surface area contributed by atoms with E-state index in [0.29, 0.717) is 12.4 Å². The zero-order chi connectivity index (χ0) is 27.6. The Morgan fingerprint density at radius 2 is 1.65 bits per heavy atom. The maximum absolute atomic E-state index is 13.0. The number of hydrogen-bond acceptors (Lipinski definition) is 7. The van der Waals surface area contributed by atoms with Gasteiger partial charge in [-0.15, -0.1) is 0 Å². The lowest BCUT2D eigenvalue weighted by Gasteiger charge is -2.35. The van der Waals surface area contributed by atoms with Crippen molar-refractivity contribution < 1.29 is 45.4 Å². The van der Waals surface area contributed by atoms with E-state index in [1.54, 1.807) is 11.9 Å². The van der Waals surface area contributed by atoms with Crippen LogP contribution >= 0.6 is 7.60 Å². The summed E-state index contributed by atoms with van der Waals surface area (Å²) in [6.45, 7) is -0.962. The van der Waals surface area contributed by atoms with Crippen molar-refractivity contribution in [3.63, 3.8) is 0 Å². The first-order chi connectivity index (χ1) is 17.0. The number of hydrogen-bond donors (Lipinski definition) is 3. The van der Waals surface area contributed by atoms with Gasteiger partial charge < -0.3 is 29.7 Å². The average Bonchev–Trinajstić information content (AvgIpc) is 3.13. The predicted molar refractivity (Wildman–Crippen MR) is 120 cm³/mol. The van der Waals surface area contributed by atoms with E-state index in [0.717, 1.165) is 5.56 Å². The third-order valence-electron chi connectivity index (χ3n) is 5.27. The molecule has 37 heavy (non-hydrogen) atoms. The van der Waals surface area contributed by atoms with E-state index in [9.17, 15) is 40.7 Å². The molecule has 10 nitrogen and oxygen atoms in total. The molecule has 2 aromatic heterocycles. The molecule has 0 atom stereocenters. The van der Waals surface area contributed by atoms with Crippen LogP contribution < -0.4 is 10.6 Å². The van der Waals surface area contributed by atoms with Gasteiger partial charge >= 0.3 is 19.9 Å². The molecule has 0 aliphatic rings. The van der Waals surface area contributed by atoms with Crippen LogP contribution in [0.3, 0.4) is 0 Å². The number of anilines is 2. The second-order valence-corrected chi connectivity index (χ2v) is 10.2. The SMILES string of the molecule is CN(Cc1ccccc1)c1nc(N)nc2c1ncn2CCOC(CC(F)(F)F)(CC(F)(F)F)P(=O)(O)O. The molecule has 3 aromatic rings. The van der Waals surface area contributed by atoms with Crippen molar-refractivity contribution in [1.29, 1.82) is 0 Å². The Labute approximate surface area is 206 Å². The largest absolute Gasteiger partial charge is 0.392 e. The summed E-state index contributed by atoms with van der Waals surface area (Å²) in [6.07, 6.45) is -14.5. The van der Waals surface area contributed by atoms with Crippen LogP contribution in [0.1, 0.15) is 18.4 Å². The molecule has 3 rings (SSSR count). The molecule has 0 aliphatic heterocycles. The van der Waals surface area contributed by atoms with Crippen LogP contribution in [0.5, 0.6) is 0 Å². The lowest BCUT2D eigenvalue weighted by molar-refractivity contribution is -0.211. The van der Waals surface area contributed by atoms with Gasteiger partial charge in [0, 0.05) is 20.1 Å². The van der Waals surface area contributed by atoms with Gasteiger partial charge in [0.1, 0.15) is 0 Å². The molecular formula is C20H23F6N6O4P. The van der Waals surface area contributed by atoms with Crippen molar-refractivity contribution in [2.24, 2.45) is 0 Å². The van der Waals surface area contributed by atoms with Gasteiger partial charge in [-0.05, 0) is 5.56 Å². The monoisotopic (exact) mass is 556 g/mol. The molecule has 0 saturated carbocycles. The zero-order valence-corrected chi connectivity index (χ0v) is 20.1. The summed E-state index contributed by atoms with van der Waals surface area (Å²) in [6, 6.07) is 9.29. The van der Waals surface area contributed by atoms with Crippen molar-refractivity contribution in [3.8, 4) is 0 Å². The normalized spacial score (nSPS) is 13.3. The number of aromatic nitrogens is 4. The molecule has 0 spiro atoms. The highest BCUT2D eigenvalue weighted by molar-refractivity contribution is 7.53. The van der Waals surface area contributed by atoms with E-state index in [2.05, 4.69) is 15.0 Å². The fourth-order valence-electron chi connectivity index (χ4n) is 3.72. The minimum absolute atomic E-state index is 0.0967. The zero-order valence-electron chi connectivity index (χ0n) is 19.2. The summed E-state index contributed by atoms with van der Waals surface area (Å²) < 4.78 is 96.0. The highest BCUT2D eigenvalue weighted by Gasteiger charge is 2.59. The molecule has 2 heterocycles. The molecule has 0 amide bonds. The van der Waals surface area contributed by atoms with E-state index in [1.807, 2.05) is 30.3 Å². The first-order valence-corrected chi connectivity index (χ1v) is 12.2. The quantitative estimate of drug-likeness (QED) is 0.251. The number of fused-ring (bicyclic) bond motifs is 1. The molecule has 0 bridgehead atoms. The number of halogens is 6. The Hall–Kier alpha value is -2.94. The van der Waals surface area contributed by atoms with Crippen LogP contribution in [0, 0.1) is 0 Å². The molecule has 4 N–H and O–H groups in total. The van der Waals surface area contributed by atoms with E-state index in [4.69, 9.17) is 10.5 Å². The number of imidazole rings is 1. The van der Waals surface area contributed by atoms with Crippen molar-refractivity contribution in [2.75, 3.05) is 24.3 Å². The molecule has 0 saturated heterocycles. The van der Waals surface area contributed by atoms with E-state index in [1.165, 1.54) is 10.9 Å². The first kappa shape index (κ1) is 28.6. The lowest BCUT2D eigenvalue weighted by Crippen LogP contribution is -2.42. The second-order valence-electron chi connectivity index (χ2n) is 8.28. The summed E-state index contributed by atoms with van der Waals surface area (Å²) in [4.78, 5) is 33.0. The molecule has 0 fully saturated rings. The molecule has 17 heteroatoms. The van der Waals surface area contributed by atoms with Gasteiger partial charge in [0.2, 0.25) is 5.95 Å². The Bertz CT molecular complexity index is 1250. The fraction of sp³-hybridized carbons (Fsp3) is 0.450. The molecule has 204 valence electrons. The van der Waals surface area contributed by atoms with E-state index in [-0.39, 0.29) is 17.1 Å². The smallest absolute Gasteiger partial charge is 0.368 e. The molecular weight excluding hydrogens is 533 g/mol.